The number of benzene rings is 2. The molecule has 0 radical (unpaired) electrons. The first-order chi connectivity index (χ1) is 15.2. The molecule has 5 nitrogen and oxygen atoms in total. The molecule has 31 heavy (non-hydrogen) atoms. The summed E-state index contributed by atoms with van der Waals surface area (Å²) in [5.74, 6) is 2.61. The van der Waals surface area contributed by atoms with Crippen molar-refractivity contribution in [1.82, 2.24) is 14.9 Å². The van der Waals surface area contributed by atoms with E-state index >= 15 is 0 Å². The van der Waals surface area contributed by atoms with E-state index in [2.05, 4.69) is 34.1 Å². The fraction of sp³-hybridized carbons (Fsp3) is 0.462. The van der Waals surface area contributed by atoms with Gasteiger partial charge in [-0.2, -0.15) is 0 Å². The van der Waals surface area contributed by atoms with E-state index in [0.717, 1.165) is 36.6 Å². The van der Waals surface area contributed by atoms with Crippen molar-refractivity contribution in [3.05, 3.63) is 59.9 Å². The van der Waals surface area contributed by atoms with Crippen LogP contribution in [0.3, 0.4) is 0 Å². The number of para-hydroxylation sites is 2. The zero-order valence-corrected chi connectivity index (χ0v) is 18.5. The number of nitrogens with one attached hydrogen (secondary N) is 1. The number of carbonyl (C=O) groups is 1. The van der Waals surface area contributed by atoms with Crippen molar-refractivity contribution in [3.63, 3.8) is 0 Å². The average Bonchev–Trinajstić information content (AvgIpc) is 3.18. The number of aryl methyl sites for hydroxylation is 2. The second kappa shape index (κ2) is 10.5. The number of hydrogen-bond acceptors (Lipinski definition) is 3. The lowest BCUT2D eigenvalue weighted by atomic mass is 9.87. The molecule has 0 unspecified atom stereocenters. The minimum absolute atomic E-state index is 0.0651. The fourth-order valence-corrected chi connectivity index (χ4v) is 4.67. The summed E-state index contributed by atoms with van der Waals surface area (Å²) >= 11 is 0. The topological polar surface area (TPSA) is 56.1 Å². The SMILES string of the molecule is COc1cccc(C(=O)NCCCc2nc3ccccc3n2CCC2CCCCC2)c1. The van der Waals surface area contributed by atoms with E-state index in [0.29, 0.717) is 17.9 Å². The molecule has 1 aliphatic rings. The van der Waals surface area contributed by atoms with Gasteiger partial charge in [0, 0.05) is 25.1 Å². The van der Waals surface area contributed by atoms with E-state index in [1.165, 1.54) is 44.0 Å². The molecule has 3 aromatic rings. The Hall–Kier alpha value is -2.82. The zero-order valence-electron chi connectivity index (χ0n) is 18.5. The first-order valence-electron chi connectivity index (χ1n) is 11.6. The lowest BCUT2D eigenvalue weighted by Gasteiger charge is -2.22. The number of carbonyl (C=O) groups excluding carboxylic acids is 1. The van der Waals surface area contributed by atoms with Crippen LogP contribution in [0.25, 0.3) is 11.0 Å². The molecule has 0 bridgehead atoms. The lowest BCUT2D eigenvalue weighted by molar-refractivity contribution is 0.0952. The number of nitrogens with zero attached hydrogens (tertiary/aromatic N) is 2. The van der Waals surface area contributed by atoms with Gasteiger partial charge in [-0.1, -0.05) is 50.3 Å². The number of imidazole rings is 1. The van der Waals surface area contributed by atoms with Crippen LogP contribution in [0.2, 0.25) is 0 Å². The van der Waals surface area contributed by atoms with E-state index < -0.39 is 0 Å². The van der Waals surface area contributed by atoms with E-state index in [1.54, 1.807) is 13.2 Å². The van der Waals surface area contributed by atoms with Crippen LogP contribution in [0.5, 0.6) is 5.75 Å². The monoisotopic (exact) mass is 419 g/mol. The number of rotatable bonds is 9. The predicted molar refractivity (Wildman–Crippen MR) is 125 cm³/mol. The van der Waals surface area contributed by atoms with Crippen LogP contribution in [-0.4, -0.2) is 29.1 Å². The first-order valence-corrected chi connectivity index (χ1v) is 11.6. The molecule has 1 N–H and O–H groups in total. The highest BCUT2D eigenvalue weighted by Crippen LogP contribution is 2.28. The van der Waals surface area contributed by atoms with Crippen molar-refractivity contribution >= 4 is 16.9 Å². The highest BCUT2D eigenvalue weighted by molar-refractivity contribution is 5.94. The van der Waals surface area contributed by atoms with Crippen LogP contribution >= 0.6 is 0 Å². The van der Waals surface area contributed by atoms with Crippen molar-refractivity contribution in [2.45, 2.75) is 57.9 Å². The maximum Gasteiger partial charge on any atom is 0.251 e. The van der Waals surface area contributed by atoms with Crippen molar-refractivity contribution < 1.29 is 9.53 Å². The van der Waals surface area contributed by atoms with Crippen molar-refractivity contribution in [2.75, 3.05) is 13.7 Å². The molecule has 0 spiro atoms. The second-order valence-corrected chi connectivity index (χ2v) is 8.55. The van der Waals surface area contributed by atoms with Crippen LogP contribution in [0, 0.1) is 5.92 Å². The zero-order chi connectivity index (χ0) is 21.5. The maximum atomic E-state index is 12.4. The van der Waals surface area contributed by atoms with Gasteiger partial charge in [0.1, 0.15) is 11.6 Å². The third kappa shape index (κ3) is 5.46. The van der Waals surface area contributed by atoms with Gasteiger partial charge in [0.2, 0.25) is 0 Å². The summed E-state index contributed by atoms with van der Waals surface area (Å²) in [4.78, 5) is 17.3. The third-order valence-corrected chi connectivity index (χ3v) is 6.41. The van der Waals surface area contributed by atoms with Gasteiger partial charge in [-0.15, -0.1) is 0 Å². The fourth-order valence-electron chi connectivity index (χ4n) is 4.67. The molecule has 1 saturated carbocycles. The van der Waals surface area contributed by atoms with Crippen molar-refractivity contribution in [3.8, 4) is 5.75 Å². The van der Waals surface area contributed by atoms with Gasteiger partial charge in [0.25, 0.3) is 5.91 Å². The van der Waals surface area contributed by atoms with Crippen LogP contribution in [-0.2, 0) is 13.0 Å². The van der Waals surface area contributed by atoms with E-state index in [1.807, 2.05) is 18.2 Å². The summed E-state index contributed by atoms with van der Waals surface area (Å²) in [6, 6.07) is 15.7. The number of aromatic nitrogens is 2. The largest absolute Gasteiger partial charge is 0.497 e. The quantitative estimate of drug-likeness (QED) is 0.474. The summed E-state index contributed by atoms with van der Waals surface area (Å²) in [5, 5.41) is 3.03. The Morgan fingerprint density at radius 1 is 1.13 bits per heavy atom. The molecular formula is C26H33N3O2. The van der Waals surface area contributed by atoms with Gasteiger partial charge in [0.05, 0.1) is 18.1 Å². The molecular weight excluding hydrogens is 386 g/mol. The van der Waals surface area contributed by atoms with Crippen LogP contribution in [0.1, 0.15) is 61.1 Å². The third-order valence-electron chi connectivity index (χ3n) is 6.41. The predicted octanol–water partition coefficient (Wildman–Crippen LogP) is 5.38. The van der Waals surface area contributed by atoms with Crippen LogP contribution in [0.15, 0.2) is 48.5 Å². The Labute approximate surface area is 184 Å². The Morgan fingerprint density at radius 2 is 1.97 bits per heavy atom. The minimum Gasteiger partial charge on any atom is -0.497 e. The van der Waals surface area contributed by atoms with Gasteiger partial charge < -0.3 is 14.6 Å². The summed E-state index contributed by atoms with van der Waals surface area (Å²) < 4.78 is 7.62. The molecule has 1 aliphatic carbocycles. The standard InChI is InChI=1S/C26H33N3O2/c1-31-22-12-7-11-21(19-22)26(30)27-17-8-15-25-28-23-13-5-6-14-24(23)29(25)18-16-20-9-3-2-4-10-20/h5-7,11-14,19-20H,2-4,8-10,15-18H2,1H3,(H,27,30). The molecule has 4 rings (SSSR count). The van der Waals surface area contributed by atoms with Crippen molar-refractivity contribution in [1.29, 1.82) is 0 Å². The molecule has 5 heteroatoms. The smallest absolute Gasteiger partial charge is 0.251 e. The molecule has 0 aliphatic heterocycles. The number of methoxy groups -OCH3 is 1. The van der Waals surface area contributed by atoms with Gasteiger partial charge in [-0.25, -0.2) is 4.98 Å². The van der Waals surface area contributed by atoms with Gasteiger partial charge in [-0.05, 0) is 49.1 Å². The second-order valence-electron chi connectivity index (χ2n) is 8.55. The normalized spacial score (nSPS) is 14.6. The van der Waals surface area contributed by atoms with Gasteiger partial charge >= 0.3 is 0 Å². The van der Waals surface area contributed by atoms with Crippen molar-refractivity contribution in [2.24, 2.45) is 5.92 Å². The minimum atomic E-state index is -0.0651. The van der Waals surface area contributed by atoms with Gasteiger partial charge in [-0.3, -0.25) is 4.79 Å². The number of hydrogen-bond donors (Lipinski definition) is 1. The van der Waals surface area contributed by atoms with Crippen LogP contribution in [0.4, 0.5) is 0 Å². The molecule has 164 valence electrons. The molecule has 1 fully saturated rings. The Kier molecular flexibility index (Phi) is 7.23. The number of fused-ring (bicyclic) bond motifs is 1. The summed E-state index contributed by atoms with van der Waals surface area (Å²) in [7, 11) is 1.61. The lowest BCUT2D eigenvalue weighted by Crippen LogP contribution is -2.25. The molecule has 0 saturated heterocycles. The summed E-state index contributed by atoms with van der Waals surface area (Å²) in [6.45, 7) is 1.67. The average molecular weight is 420 g/mol. The van der Waals surface area contributed by atoms with E-state index in [9.17, 15) is 4.79 Å². The van der Waals surface area contributed by atoms with Gasteiger partial charge in [0.15, 0.2) is 0 Å². The Morgan fingerprint density at radius 3 is 2.81 bits per heavy atom. The molecule has 0 atom stereocenters. The molecule has 1 aromatic heterocycles. The van der Waals surface area contributed by atoms with E-state index in [4.69, 9.17) is 9.72 Å². The summed E-state index contributed by atoms with van der Waals surface area (Å²) in [5.41, 5.74) is 2.93. The Balaban J connectivity index is 1.35. The molecule has 2 aromatic carbocycles. The number of amides is 1. The number of ether oxygens (including phenoxy) is 1. The highest BCUT2D eigenvalue weighted by atomic mass is 16.5. The summed E-state index contributed by atoms with van der Waals surface area (Å²) in [6.07, 6.45) is 9.87. The Bertz CT molecular complexity index is 1000. The molecule has 1 amide bonds. The first kappa shape index (κ1) is 21.4. The van der Waals surface area contributed by atoms with E-state index in [-0.39, 0.29) is 5.91 Å². The molecule has 1 heterocycles. The van der Waals surface area contributed by atoms with Crippen LogP contribution < -0.4 is 10.1 Å². The maximum absolute atomic E-state index is 12.4. The highest BCUT2D eigenvalue weighted by Gasteiger charge is 2.16.